The minimum Gasteiger partial charge on any atom is -0.480 e. The van der Waals surface area contributed by atoms with Crippen molar-refractivity contribution < 1.29 is 9.90 Å². The summed E-state index contributed by atoms with van der Waals surface area (Å²) in [4.78, 5) is 13.8. The number of carbonyl (C=O) groups is 1. The molecule has 118 valence electrons. The van der Waals surface area contributed by atoms with Crippen LogP contribution < -0.4 is 10.2 Å². The summed E-state index contributed by atoms with van der Waals surface area (Å²) in [6.07, 6.45) is 2.08. The number of hydrogen-bond acceptors (Lipinski definition) is 3. The molecule has 0 aliphatic rings. The van der Waals surface area contributed by atoms with Gasteiger partial charge < -0.3 is 15.3 Å². The quantitative estimate of drug-likeness (QED) is 0.734. The van der Waals surface area contributed by atoms with Crippen molar-refractivity contribution in [2.24, 2.45) is 0 Å². The van der Waals surface area contributed by atoms with Crippen molar-refractivity contribution in [3.8, 4) is 0 Å². The molecule has 1 atom stereocenters. The van der Waals surface area contributed by atoms with Crippen LogP contribution in [0.5, 0.6) is 0 Å². The average Bonchev–Trinajstić information content (AvgIpc) is 2.47. The van der Waals surface area contributed by atoms with Crippen LogP contribution in [0.25, 0.3) is 0 Å². The number of rotatable bonds is 9. The molecular formula is C17H28N2O2. The number of anilines is 1. The fourth-order valence-electron chi connectivity index (χ4n) is 2.71. The number of benzene rings is 1. The van der Waals surface area contributed by atoms with Gasteiger partial charge in [-0.1, -0.05) is 19.1 Å². The van der Waals surface area contributed by atoms with Crippen LogP contribution in [-0.4, -0.2) is 36.8 Å². The zero-order chi connectivity index (χ0) is 15.9. The van der Waals surface area contributed by atoms with E-state index in [9.17, 15) is 9.90 Å². The van der Waals surface area contributed by atoms with Crippen LogP contribution in [0.15, 0.2) is 24.3 Å². The van der Waals surface area contributed by atoms with E-state index in [-0.39, 0.29) is 0 Å². The van der Waals surface area contributed by atoms with E-state index in [0.717, 1.165) is 19.5 Å². The molecule has 1 aromatic rings. The fraction of sp³-hybridized carbons (Fsp3) is 0.588. The molecule has 4 nitrogen and oxygen atoms in total. The van der Waals surface area contributed by atoms with E-state index in [1.807, 2.05) is 6.92 Å². The summed E-state index contributed by atoms with van der Waals surface area (Å²) in [5, 5.41) is 12.4. The van der Waals surface area contributed by atoms with E-state index >= 15 is 0 Å². The van der Waals surface area contributed by atoms with Gasteiger partial charge >= 0.3 is 5.97 Å². The summed E-state index contributed by atoms with van der Waals surface area (Å²) >= 11 is 0. The van der Waals surface area contributed by atoms with Gasteiger partial charge in [-0.2, -0.15) is 0 Å². The summed E-state index contributed by atoms with van der Waals surface area (Å²) in [6.45, 7) is 7.93. The van der Waals surface area contributed by atoms with Crippen LogP contribution >= 0.6 is 0 Å². The fourth-order valence-corrected chi connectivity index (χ4v) is 2.71. The molecular weight excluding hydrogens is 264 g/mol. The highest BCUT2D eigenvalue weighted by atomic mass is 16.4. The third kappa shape index (κ3) is 4.46. The largest absolute Gasteiger partial charge is 0.480 e. The maximum atomic E-state index is 11.5. The van der Waals surface area contributed by atoms with Gasteiger partial charge in [0.25, 0.3) is 0 Å². The highest BCUT2D eigenvalue weighted by molar-refractivity contribution is 5.78. The Kier molecular flexibility index (Phi) is 6.69. The van der Waals surface area contributed by atoms with Crippen molar-refractivity contribution in [2.45, 2.75) is 45.6 Å². The Bertz CT molecular complexity index is 456. The Morgan fingerprint density at radius 1 is 1.38 bits per heavy atom. The van der Waals surface area contributed by atoms with E-state index in [4.69, 9.17) is 0 Å². The SMILES string of the molecule is CCN(CCCC(CC)(NC)C(=O)O)c1cccc(C)c1. The molecule has 1 aromatic carbocycles. The number of aliphatic carboxylic acids is 1. The predicted molar refractivity (Wildman–Crippen MR) is 88.0 cm³/mol. The Hall–Kier alpha value is -1.55. The Labute approximate surface area is 128 Å². The Balaban J connectivity index is 2.66. The molecule has 21 heavy (non-hydrogen) atoms. The summed E-state index contributed by atoms with van der Waals surface area (Å²) in [5.41, 5.74) is 1.65. The highest BCUT2D eigenvalue weighted by Gasteiger charge is 2.34. The molecule has 2 N–H and O–H groups in total. The van der Waals surface area contributed by atoms with Crippen LogP contribution in [0.4, 0.5) is 5.69 Å². The molecule has 0 bridgehead atoms. The van der Waals surface area contributed by atoms with E-state index in [2.05, 4.69) is 48.3 Å². The minimum absolute atomic E-state index is 0.593. The lowest BCUT2D eigenvalue weighted by Crippen LogP contribution is -2.50. The van der Waals surface area contributed by atoms with Gasteiger partial charge in [-0.15, -0.1) is 0 Å². The van der Waals surface area contributed by atoms with Gasteiger partial charge in [0.1, 0.15) is 5.54 Å². The standard InChI is InChI=1S/C17H28N2O2/c1-5-17(18-4,16(20)21)11-8-12-19(6-2)15-10-7-9-14(3)13-15/h7,9-10,13,18H,5-6,8,11-12H2,1-4H3,(H,20,21). The lowest BCUT2D eigenvalue weighted by molar-refractivity contribution is -0.145. The molecule has 0 heterocycles. The summed E-state index contributed by atoms with van der Waals surface area (Å²) in [6, 6.07) is 8.43. The molecule has 0 saturated carbocycles. The van der Waals surface area contributed by atoms with Crippen molar-refractivity contribution >= 4 is 11.7 Å². The summed E-state index contributed by atoms with van der Waals surface area (Å²) in [7, 11) is 1.73. The van der Waals surface area contributed by atoms with Gasteiger partial charge in [-0.25, -0.2) is 0 Å². The first kappa shape index (κ1) is 17.5. The number of hydrogen-bond donors (Lipinski definition) is 2. The first-order valence-corrected chi connectivity index (χ1v) is 7.73. The van der Waals surface area contributed by atoms with Gasteiger partial charge in [-0.05, 0) is 57.9 Å². The smallest absolute Gasteiger partial charge is 0.323 e. The van der Waals surface area contributed by atoms with Crippen molar-refractivity contribution in [1.29, 1.82) is 0 Å². The maximum Gasteiger partial charge on any atom is 0.323 e. The predicted octanol–water partition coefficient (Wildman–Crippen LogP) is 3.05. The van der Waals surface area contributed by atoms with Gasteiger partial charge in [0.05, 0.1) is 0 Å². The van der Waals surface area contributed by atoms with Crippen molar-refractivity contribution in [3.05, 3.63) is 29.8 Å². The summed E-state index contributed by atoms with van der Waals surface area (Å²) < 4.78 is 0. The second kappa shape index (κ2) is 8.03. The van der Waals surface area contributed by atoms with Crippen molar-refractivity contribution in [1.82, 2.24) is 5.32 Å². The van der Waals surface area contributed by atoms with Crippen LogP contribution in [0, 0.1) is 6.92 Å². The molecule has 1 rings (SSSR count). The van der Waals surface area contributed by atoms with Gasteiger partial charge in [-0.3, -0.25) is 4.79 Å². The van der Waals surface area contributed by atoms with Gasteiger partial charge in [0.2, 0.25) is 0 Å². The van der Waals surface area contributed by atoms with Crippen LogP contribution in [0.1, 0.15) is 38.7 Å². The van der Waals surface area contributed by atoms with Crippen LogP contribution in [0.3, 0.4) is 0 Å². The molecule has 0 radical (unpaired) electrons. The molecule has 0 aliphatic heterocycles. The Morgan fingerprint density at radius 2 is 2.10 bits per heavy atom. The minimum atomic E-state index is -0.800. The lowest BCUT2D eigenvalue weighted by atomic mass is 9.90. The van der Waals surface area contributed by atoms with Crippen LogP contribution in [-0.2, 0) is 4.79 Å². The summed E-state index contributed by atoms with van der Waals surface area (Å²) in [5.74, 6) is -0.758. The van der Waals surface area contributed by atoms with Gasteiger partial charge in [0, 0.05) is 18.8 Å². The van der Waals surface area contributed by atoms with E-state index in [1.54, 1.807) is 7.05 Å². The third-order valence-corrected chi connectivity index (χ3v) is 4.27. The molecule has 1 unspecified atom stereocenters. The number of likely N-dealkylation sites (N-methyl/N-ethyl adjacent to an activating group) is 1. The Morgan fingerprint density at radius 3 is 2.57 bits per heavy atom. The number of carboxylic acid groups (broad SMARTS) is 1. The second-order valence-electron chi connectivity index (χ2n) is 5.51. The number of nitrogens with zero attached hydrogens (tertiary/aromatic N) is 1. The van der Waals surface area contributed by atoms with E-state index in [0.29, 0.717) is 12.8 Å². The topological polar surface area (TPSA) is 52.6 Å². The highest BCUT2D eigenvalue weighted by Crippen LogP contribution is 2.20. The molecule has 0 aliphatic carbocycles. The van der Waals surface area contributed by atoms with Crippen molar-refractivity contribution in [3.63, 3.8) is 0 Å². The zero-order valence-corrected chi connectivity index (χ0v) is 13.6. The first-order chi connectivity index (χ1) is 9.99. The number of carboxylic acids is 1. The molecule has 4 heteroatoms. The molecule has 0 spiro atoms. The number of aryl methyl sites for hydroxylation is 1. The van der Waals surface area contributed by atoms with Gasteiger partial charge in [0.15, 0.2) is 0 Å². The second-order valence-corrected chi connectivity index (χ2v) is 5.51. The molecule has 0 fully saturated rings. The van der Waals surface area contributed by atoms with E-state index in [1.165, 1.54) is 11.3 Å². The lowest BCUT2D eigenvalue weighted by Gasteiger charge is -2.30. The van der Waals surface area contributed by atoms with Crippen molar-refractivity contribution in [2.75, 3.05) is 25.0 Å². The first-order valence-electron chi connectivity index (χ1n) is 7.73. The molecule has 0 saturated heterocycles. The zero-order valence-electron chi connectivity index (χ0n) is 13.6. The van der Waals surface area contributed by atoms with E-state index < -0.39 is 11.5 Å². The number of nitrogens with one attached hydrogen (secondary N) is 1. The van der Waals surface area contributed by atoms with Crippen LogP contribution in [0.2, 0.25) is 0 Å². The monoisotopic (exact) mass is 292 g/mol. The normalized spacial score (nSPS) is 13.7. The maximum absolute atomic E-state index is 11.5. The molecule has 0 aromatic heterocycles. The third-order valence-electron chi connectivity index (χ3n) is 4.27. The molecule has 0 amide bonds. The average molecular weight is 292 g/mol.